The minimum absolute atomic E-state index is 0.430. The monoisotopic (exact) mass is 208 g/mol. The van der Waals surface area contributed by atoms with E-state index in [1.165, 1.54) is 6.33 Å². The zero-order valence-electron chi connectivity index (χ0n) is 7.70. The number of nitrogens with zero attached hydrogens (tertiary/aromatic N) is 2. The van der Waals surface area contributed by atoms with E-state index in [2.05, 4.69) is 9.97 Å². The largest absolute Gasteiger partial charge is 0.493 e. The highest BCUT2D eigenvalue weighted by Gasteiger charge is 2.06. The second kappa shape index (κ2) is 3.80. The predicted molar refractivity (Wildman–Crippen MR) is 55.7 cm³/mol. The van der Waals surface area contributed by atoms with E-state index in [0.717, 1.165) is 16.7 Å². The molecule has 0 amide bonds. The van der Waals surface area contributed by atoms with Crippen LogP contribution in [0.1, 0.15) is 6.92 Å². The van der Waals surface area contributed by atoms with E-state index in [0.29, 0.717) is 11.8 Å². The third-order valence-electron chi connectivity index (χ3n) is 1.88. The van der Waals surface area contributed by atoms with Gasteiger partial charge in [0, 0.05) is 0 Å². The van der Waals surface area contributed by atoms with Gasteiger partial charge < -0.3 is 4.74 Å². The highest BCUT2D eigenvalue weighted by Crippen LogP contribution is 2.28. The second-order valence-corrected chi connectivity index (χ2v) is 3.11. The van der Waals surface area contributed by atoms with Gasteiger partial charge in [-0.2, -0.15) is 0 Å². The van der Waals surface area contributed by atoms with Gasteiger partial charge in [-0.15, -0.1) is 0 Å². The summed E-state index contributed by atoms with van der Waals surface area (Å²) in [5, 5.41) is 1.21. The Bertz CT molecular complexity index is 454. The normalized spacial score (nSPS) is 10.4. The van der Waals surface area contributed by atoms with E-state index in [1.807, 2.05) is 25.1 Å². The fourth-order valence-electron chi connectivity index (χ4n) is 1.32. The van der Waals surface area contributed by atoms with Crippen LogP contribution in [0.3, 0.4) is 0 Å². The van der Waals surface area contributed by atoms with Crippen LogP contribution < -0.4 is 4.74 Å². The maximum absolute atomic E-state index is 5.97. The van der Waals surface area contributed by atoms with Gasteiger partial charge in [-0.25, -0.2) is 9.97 Å². The van der Waals surface area contributed by atoms with Crippen molar-refractivity contribution in [3.63, 3.8) is 0 Å². The Morgan fingerprint density at radius 2 is 2.21 bits per heavy atom. The molecule has 1 heterocycles. The molecule has 0 fully saturated rings. The molecule has 0 aliphatic heterocycles. The van der Waals surface area contributed by atoms with E-state index in [4.69, 9.17) is 16.3 Å². The molecule has 0 unspecified atom stereocenters. The van der Waals surface area contributed by atoms with Crippen LogP contribution in [0.2, 0.25) is 5.15 Å². The summed E-state index contributed by atoms with van der Waals surface area (Å²) in [6, 6.07) is 5.63. The number of halogens is 1. The molecular formula is C10H9ClN2O. The Hall–Kier alpha value is -1.35. The molecule has 0 aliphatic carbocycles. The van der Waals surface area contributed by atoms with Gasteiger partial charge in [0.1, 0.15) is 17.2 Å². The minimum Gasteiger partial charge on any atom is -0.493 e. The van der Waals surface area contributed by atoms with Gasteiger partial charge in [0.25, 0.3) is 0 Å². The Morgan fingerprint density at radius 1 is 1.36 bits per heavy atom. The smallest absolute Gasteiger partial charge is 0.144 e. The predicted octanol–water partition coefficient (Wildman–Crippen LogP) is 2.68. The number of hydrogen-bond acceptors (Lipinski definition) is 3. The lowest BCUT2D eigenvalue weighted by atomic mass is 10.2. The molecule has 2 aromatic rings. The third kappa shape index (κ3) is 1.51. The van der Waals surface area contributed by atoms with E-state index in [1.54, 1.807) is 0 Å². The topological polar surface area (TPSA) is 35.0 Å². The number of fused-ring (bicyclic) bond motifs is 1. The van der Waals surface area contributed by atoms with Gasteiger partial charge in [0.15, 0.2) is 0 Å². The van der Waals surface area contributed by atoms with Gasteiger partial charge in [-0.05, 0) is 19.1 Å². The quantitative estimate of drug-likeness (QED) is 0.712. The lowest BCUT2D eigenvalue weighted by Crippen LogP contribution is -1.94. The average Bonchev–Trinajstić information content (AvgIpc) is 2.19. The zero-order chi connectivity index (χ0) is 9.97. The van der Waals surface area contributed by atoms with Crippen LogP contribution in [0.4, 0.5) is 0 Å². The summed E-state index contributed by atoms with van der Waals surface area (Å²) in [6.07, 6.45) is 1.44. The molecular weight excluding hydrogens is 200 g/mol. The first-order chi connectivity index (χ1) is 6.83. The van der Waals surface area contributed by atoms with Crippen molar-refractivity contribution in [2.24, 2.45) is 0 Å². The molecule has 2 rings (SSSR count). The molecule has 0 N–H and O–H groups in total. The molecule has 72 valence electrons. The summed E-state index contributed by atoms with van der Waals surface area (Å²) >= 11 is 5.97. The van der Waals surface area contributed by atoms with E-state index >= 15 is 0 Å². The van der Waals surface area contributed by atoms with Crippen molar-refractivity contribution in [3.05, 3.63) is 29.7 Å². The fraction of sp³-hybridized carbons (Fsp3) is 0.200. The number of ether oxygens (including phenoxy) is 1. The molecule has 1 aromatic heterocycles. The Labute approximate surface area is 86.7 Å². The average molecular weight is 209 g/mol. The molecule has 14 heavy (non-hydrogen) atoms. The molecule has 1 aromatic carbocycles. The molecule has 0 saturated carbocycles. The van der Waals surface area contributed by atoms with Crippen LogP contribution >= 0.6 is 11.6 Å². The molecule has 0 radical (unpaired) electrons. The Kier molecular flexibility index (Phi) is 2.50. The summed E-state index contributed by atoms with van der Waals surface area (Å²) in [6.45, 7) is 2.53. The van der Waals surface area contributed by atoms with Crippen LogP contribution in [-0.4, -0.2) is 16.6 Å². The number of benzene rings is 1. The van der Waals surface area contributed by atoms with Crippen molar-refractivity contribution in [3.8, 4) is 5.75 Å². The number of hydrogen-bond donors (Lipinski definition) is 0. The standard InChI is InChI=1S/C10H9ClN2O/c1-2-14-8-5-3-4-7-9(8)10(11)13-6-12-7/h3-6H,2H2,1H3. The SMILES string of the molecule is CCOc1cccc2ncnc(Cl)c12. The first kappa shape index (κ1) is 9.21. The maximum Gasteiger partial charge on any atom is 0.144 e. The van der Waals surface area contributed by atoms with Gasteiger partial charge in [-0.3, -0.25) is 0 Å². The molecule has 4 heteroatoms. The molecule has 0 bridgehead atoms. The summed E-state index contributed by atoms with van der Waals surface area (Å²) in [7, 11) is 0. The highest BCUT2D eigenvalue weighted by molar-refractivity contribution is 6.34. The third-order valence-corrected chi connectivity index (χ3v) is 2.16. The van der Waals surface area contributed by atoms with E-state index in [-0.39, 0.29) is 0 Å². The maximum atomic E-state index is 5.97. The van der Waals surface area contributed by atoms with Crippen LogP contribution in [0.15, 0.2) is 24.5 Å². The lowest BCUT2D eigenvalue weighted by molar-refractivity contribution is 0.344. The van der Waals surface area contributed by atoms with Crippen molar-refractivity contribution in [2.45, 2.75) is 6.92 Å². The van der Waals surface area contributed by atoms with E-state index < -0.39 is 0 Å². The van der Waals surface area contributed by atoms with Gasteiger partial charge in [-0.1, -0.05) is 17.7 Å². The number of aromatic nitrogens is 2. The van der Waals surface area contributed by atoms with Crippen LogP contribution in [0, 0.1) is 0 Å². The van der Waals surface area contributed by atoms with Crippen LogP contribution in [-0.2, 0) is 0 Å². The summed E-state index contributed by atoms with van der Waals surface area (Å²) in [5.74, 6) is 0.732. The fourth-order valence-corrected chi connectivity index (χ4v) is 1.55. The molecule has 0 atom stereocenters. The van der Waals surface area contributed by atoms with Gasteiger partial charge in [0.2, 0.25) is 0 Å². The first-order valence-electron chi connectivity index (χ1n) is 4.35. The second-order valence-electron chi connectivity index (χ2n) is 2.75. The van der Waals surface area contributed by atoms with Gasteiger partial charge in [0.05, 0.1) is 17.5 Å². The van der Waals surface area contributed by atoms with Crippen molar-refractivity contribution in [2.75, 3.05) is 6.61 Å². The van der Waals surface area contributed by atoms with Crippen molar-refractivity contribution < 1.29 is 4.74 Å². The molecule has 3 nitrogen and oxygen atoms in total. The van der Waals surface area contributed by atoms with Gasteiger partial charge >= 0.3 is 0 Å². The van der Waals surface area contributed by atoms with Crippen molar-refractivity contribution >= 4 is 22.5 Å². The van der Waals surface area contributed by atoms with E-state index in [9.17, 15) is 0 Å². The Morgan fingerprint density at radius 3 is 3.00 bits per heavy atom. The minimum atomic E-state index is 0.430. The lowest BCUT2D eigenvalue weighted by Gasteiger charge is -2.06. The zero-order valence-corrected chi connectivity index (χ0v) is 8.45. The summed E-state index contributed by atoms with van der Waals surface area (Å²) < 4.78 is 5.44. The molecule has 0 aliphatic rings. The first-order valence-corrected chi connectivity index (χ1v) is 4.72. The highest BCUT2D eigenvalue weighted by atomic mass is 35.5. The molecule has 0 saturated heterocycles. The molecule has 0 spiro atoms. The summed E-state index contributed by atoms with van der Waals surface area (Å²) in [4.78, 5) is 8.03. The van der Waals surface area contributed by atoms with Crippen molar-refractivity contribution in [1.82, 2.24) is 9.97 Å². The Balaban J connectivity index is 2.71. The summed E-state index contributed by atoms with van der Waals surface area (Å²) in [5.41, 5.74) is 0.802. The number of rotatable bonds is 2. The van der Waals surface area contributed by atoms with Crippen LogP contribution in [0.25, 0.3) is 10.9 Å². The van der Waals surface area contributed by atoms with Crippen LogP contribution in [0.5, 0.6) is 5.75 Å². The van der Waals surface area contributed by atoms with Crippen molar-refractivity contribution in [1.29, 1.82) is 0 Å².